The smallest absolute Gasteiger partial charge is 0.138 e. The van der Waals surface area contributed by atoms with Crippen LogP contribution in [0.15, 0.2) is 30.7 Å². The van der Waals surface area contributed by atoms with E-state index >= 15 is 0 Å². The van der Waals surface area contributed by atoms with E-state index in [9.17, 15) is 0 Å². The number of hydrogen-bond acceptors (Lipinski definition) is 7. The van der Waals surface area contributed by atoms with Gasteiger partial charge in [-0.2, -0.15) is 0 Å². The topological polar surface area (TPSA) is 66.0 Å². The first-order valence-electron chi connectivity index (χ1n) is 9.71. The lowest BCUT2D eigenvalue weighted by molar-refractivity contribution is 0.209. The molecular formula is C20H24N6S. The average molecular weight is 381 g/mol. The number of piperidine rings is 1. The van der Waals surface area contributed by atoms with Crippen molar-refractivity contribution in [1.82, 2.24) is 25.2 Å². The number of fused-ring (bicyclic) bond motifs is 3. The van der Waals surface area contributed by atoms with Crippen LogP contribution < -0.4 is 10.6 Å². The maximum atomic E-state index is 4.61. The zero-order chi connectivity index (χ0) is 18.1. The van der Waals surface area contributed by atoms with Crippen LogP contribution in [0.3, 0.4) is 0 Å². The van der Waals surface area contributed by atoms with E-state index in [-0.39, 0.29) is 0 Å². The van der Waals surface area contributed by atoms with Crippen LogP contribution in [-0.4, -0.2) is 45.5 Å². The highest BCUT2D eigenvalue weighted by atomic mass is 32.1. The van der Waals surface area contributed by atoms with E-state index in [2.05, 4.69) is 42.6 Å². The van der Waals surface area contributed by atoms with Crippen molar-refractivity contribution in [3.05, 3.63) is 46.9 Å². The Balaban J connectivity index is 1.27. The molecule has 0 radical (unpaired) electrons. The van der Waals surface area contributed by atoms with Crippen molar-refractivity contribution in [2.24, 2.45) is 0 Å². The molecule has 3 aromatic heterocycles. The number of anilines is 1. The Morgan fingerprint density at radius 1 is 1.19 bits per heavy atom. The van der Waals surface area contributed by atoms with Gasteiger partial charge in [-0.15, -0.1) is 11.3 Å². The fraction of sp³-hybridized carbons (Fsp3) is 0.450. The second kappa shape index (κ2) is 7.50. The van der Waals surface area contributed by atoms with Crippen LogP contribution in [0.5, 0.6) is 0 Å². The number of likely N-dealkylation sites (tertiary alicyclic amines) is 1. The third-order valence-electron chi connectivity index (χ3n) is 5.55. The van der Waals surface area contributed by atoms with Gasteiger partial charge in [-0.1, -0.05) is 6.07 Å². The number of nitrogens with zero attached hydrogens (tertiary/aromatic N) is 4. The van der Waals surface area contributed by atoms with E-state index in [1.807, 2.05) is 23.6 Å². The van der Waals surface area contributed by atoms with Gasteiger partial charge in [0.2, 0.25) is 0 Å². The lowest BCUT2D eigenvalue weighted by atomic mass is 10.0. The lowest BCUT2D eigenvalue weighted by Gasteiger charge is -2.32. The van der Waals surface area contributed by atoms with E-state index in [0.29, 0.717) is 6.04 Å². The first-order chi connectivity index (χ1) is 13.4. The molecule has 5 rings (SSSR count). The summed E-state index contributed by atoms with van der Waals surface area (Å²) in [5, 5.41) is 8.46. The summed E-state index contributed by atoms with van der Waals surface area (Å²) in [7, 11) is 0. The van der Waals surface area contributed by atoms with Gasteiger partial charge in [-0.05, 0) is 43.5 Å². The van der Waals surface area contributed by atoms with Gasteiger partial charge in [0.25, 0.3) is 0 Å². The summed E-state index contributed by atoms with van der Waals surface area (Å²) in [5.41, 5.74) is 2.60. The van der Waals surface area contributed by atoms with Crippen LogP contribution in [0, 0.1) is 0 Å². The minimum Gasteiger partial charge on any atom is -0.367 e. The first kappa shape index (κ1) is 17.0. The van der Waals surface area contributed by atoms with Gasteiger partial charge >= 0.3 is 0 Å². The van der Waals surface area contributed by atoms with Gasteiger partial charge in [-0.3, -0.25) is 9.88 Å². The molecule has 0 spiro atoms. The van der Waals surface area contributed by atoms with Crippen molar-refractivity contribution in [2.45, 2.75) is 38.4 Å². The third-order valence-corrected chi connectivity index (χ3v) is 6.69. The number of nitrogens with one attached hydrogen (secondary N) is 2. The molecule has 0 atom stereocenters. The Morgan fingerprint density at radius 2 is 2.11 bits per heavy atom. The fourth-order valence-corrected chi connectivity index (χ4v) is 5.27. The van der Waals surface area contributed by atoms with Gasteiger partial charge in [0.15, 0.2) is 0 Å². The third kappa shape index (κ3) is 3.54. The van der Waals surface area contributed by atoms with E-state index in [1.54, 1.807) is 6.33 Å². The van der Waals surface area contributed by atoms with Crippen LogP contribution >= 0.6 is 11.3 Å². The SMILES string of the molecule is c1ccc(CN2CCC(Nc3ncnc4sc5c(c34)CCNC5)CC2)nc1. The minimum atomic E-state index is 0.473. The van der Waals surface area contributed by atoms with Crippen molar-refractivity contribution >= 4 is 27.4 Å². The minimum absolute atomic E-state index is 0.473. The van der Waals surface area contributed by atoms with Crippen molar-refractivity contribution in [2.75, 3.05) is 25.0 Å². The molecule has 0 saturated carbocycles. The second-order valence-electron chi connectivity index (χ2n) is 7.35. The van der Waals surface area contributed by atoms with Crippen molar-refractivity contribution in [3.8, 4) is 0 Å². The van der Waals surface area contributed by atoms with E-state index in [4.69, 9.17) is 0 Å². The van der Waals surface area contributed by atoms with E-state index in [0.717, 1.165) is 68.3 Å². The lowest BCUT2D eigenvalue weighted by Crippen LogP contribution is -2.39. The maximum Gasteiger partial charge on any atom is 0.138 e. The Hall–Kier alpha value is -2.09. The van der Waals surface area contributed by atoms with Crippen LogP contribution in [0.4, 0.5) is 5.82 Å². The molecule has 2 N–H and O–H groups in total. The van der Waals surface area contributed by atoms with Crippen molar-refractivity contribution in [1.29, 1.82) is 0 Å². The number of pyridine rings is 1. The molecule has 7 heteroatoms. The molecule has 0 unspecified atom stereocenters. The summed E-state index contributed by atoms with van der Waals surface area (Å²) in [5.74, 6) is 1.03. The number of rotatable bonds is 4. The highest BCUT2D eigenvalue weighted by Gasteiger charge is 2.23. The largest absolute Gasteiger partial charge is 0.367 e. The monoisotopic (exact) mass is 380 g/mol. The molecule has 0 amide bonds. The normalized spacial score (nSPS) is 18.5. The number of thiophene rings is 1. The molecule has 0 bridgehead atoms. The van der Waals surface area contributed by atoms with Crippen LogP contribution in [0.1, 0.15) is 29.0 Å². The Bertz CT molecular complexity index is 917. The summed E-state index contributed by atoms with van der Waals surface area (Å²) in [4.78, 5) is 18.6. The Morgan fingerprint density at radius 3 is 2.96 bits per heavy atom. The summed E-state index contributed by atoms with van der Waals surface area (Å²) in [6.45, 7) is 5.12. The van der Waals surface area contributed by atoms with E-state index in [1.165, 1.54) is 15.8 Å². The van der Waals surface area contributed by atoms with Crippen molar-refractivity contribution < 1.29 is 0 Å². The molecule has 140 valence electrons. The van der Waals surface area contributed by atoms with E-state index < -0.39 is 0 Å². The Labute approximate surface area is 163 Å². The molecule has 2 aliphatic heterocycles. The molecule has 1 fully saturated rings. The molecule has 0 aliphatic carbocycles. The predicted octanol–water partition coefficient (Wildman–Crippen LogP) is 2.81. The number of hydrogen-bond donors (Lipinski definition) is 2. The van der Waals surface area contributed by atoms with Gasteiger partial charge in [0.05, 0.1) is 11.1 Å². The highest BCUT2D eigenvalue weighted by molar-refractivity contribution is 7.18. The summed E-state index contributed by atoms with van der Waals surface area (Å²) < 4.78 is 0. The predicted molar refractivity (Wildman–Crippen MR) is 109 cm³/mol. The van der Waals surface area contributed by atoms with Crippen molar-refractivity contribution in [3.63, 3.8) is 0 Å². The zero-order valence-corrected chi connectivity index (χ0v) is 16.1. The summed E-state index contributed by atoms with van der Waals surface area (Å²) in [6, 6.07) is 6.62. The standard InChI is InChI=1S/C20H24N6S/c1-2-7-22-15(3-1)12-26-9-5-14(6-10-26)25-19-18-16-4-8-21-11-17(16)27-20(18)24-13-23-19/h1-3,7,13-14,21H,4-6,8-12H2,(H,23,24,25). The quantitative estimate of drug-likeness (QED) is 0.726. The average Bonchev–Trinajstić information content (AvgIpc) is 3.10. The Kier molecular flexibility index (Phi) is 4.73. The van der Waals surface area contributed by atoms with Gasteiger partial charge < -0.3 is 10.6 Å². The molecule has 27 heavy (non-hydrogen) atoms. The molecular weight excluding hydrogens is 356 g/mol. The van der Waals surface area contributed by atoms with Gasteiger partial charge in [-0.25, -0.2) is 9.97 Å². The molecule has 6 nitrogen and oxygen atoms in total. The summed E-state index contributed by atoms with van der Waals surface area (Å²) in [6.07, 6.45) is 6.91. The fourth-order valence-electron chi connectivity index (χ4n) is 4.12. The number of aromatic nitrogens is 3. The van der Waals surface area contributed by atoms with Crippen LogP contribution in [0.2, 0.25) is 0 Å². The van der Waals surface area contributed by atoms with Gasteiger partial charge in [0, 0.05) is 43.3 Å². The maximum absolute atomic E-state index is 4.61. The molecule has 0 aromatic carbocycles. The van der Waals surface area contributed by atoms with Crippen LogP contribution in [-0.2, 0) is 19.5 Å². The molecule has 5 heterocycles. The van der Waals surface area contributed by atoms with Crippen LogP contribution in [0.25, 0.3) is 10.2 Å². The molecule has 1 saturated heterocycles. The molecule has 3 aromatic rings. The highest BCUT2D eigenvalue weighted by Crippen LogP contribution is 2.36. The first-order valence-corrected chi connectivity index (χ1v) is 10.5. The second-order valence-corrected chi connectivity index (χ2v) is 8.43. The van der Waals surface area contributed by atoms with Gasteiger partial charge in [0.1, 0.15) is 17.0 Å². The summed E-state index contributed by atoms with van der Waals surface area (Å²) >= 11 is 1.81. The zero-order valence-electron chi connectivity index (χ0n) is 15.3. The molecule has 2 aliphatic rings.